The topological polar surface area (TPSA) is 23.5 Å². The molecule has 0 saturated heterocycles. The van der Waals surface area contributed by atoms with Gasteiger partial charge >= 0.3 is 0 Å². The van der Waals surface area contributed by atoms with E-state index in [4.69, 9.17) is 5.11 Å². The molecule has 0 amide bonds. The molecule has 1 saturated carbocycles. The van der Waals surface area contributed by atoms with Gasteiger partial charge in [0.2, 0.25) is 0 Å². The largest absolute Gasteiger partial charge is 0.392 e. The first kappa shape index (κ1) is 14.3. The SMILES string of the molecule is CC(C)CN(c1ccc(CO)cc1F)C1CCCC1. The van der Waals surface area contributed by atoms with Gasteiger partial charge in [-0.05, 0) is 36.5 Å². The van der Waals surface area contributed by atoms with Crippen LogP contribution in [0.5, 0.6) is 0 Å². The molecule has 2 nitrogen and oxygen atoms in total. The molecular formula is C16H24FNO. The van der Waals surface area contributed by atoms with E-state index in [0.29, 0.717) is 23.2 Å². The molecule has 0 aromatic heterocycles. The van der Waals surface area contributed by atoms with Crippen LogP contribution in [0, 0.1) is 11.7 Å². The van der Waals surface area contributed by atoms with Crippen molar-refractivity contribution in [2.24, 2.45) is 5.92 Å². The highest BCUT2D eigenvalue weighted by Gasteiger charge is 2.25. The van der Waals surface area contributed by atoms with Crippen molar-refractivity contribution < 1.29 is 9.50 Å². The maximum Gasteiger partial charge on any atom is 0.146 e. The Morgan fingerprint density at radius 3 is 2.53 bits per heavy atom. The number of nitrogens with zero attached hydrogens (tertiary/aromatic N) is 1. The summed E-state index contributed by atoms with van der Waals surface area (Å²) in [5, 5.41) is 9.07. The van der Waals surface area contributed by atoms with E-state index in [1.165, 1.54) is 18.9 Å². The second-order valence-electron chi connectivity index (χ2n) is 5.93. The van der Waals surface area contributed by atoms with Gasteiger partial charge in [-0.25, -0.2) is 4.39 Å². The van der Waals surface area contributed by atoms with Crippen molar-refractivity contribution in [1.29, 1.82) is 0 Å². The molecule has 1 N–H and O–H groups in total. The molecule has 1 aromatic carbocycles. The molecule has 106 valence electrons. The smallest absolute Gasteiger partial charge is 0.146 e. The molecule has 0 spiro atoms. The van der Waals surface area contributed by atoms with Gasteiger partial charge in [0.25, 0.3) is 0 Å². The fourth-order valence-corrected chi connectivity index (χ4v) is 2.94. The molecule has 1 aromatic rings. The quantitative estimate of drug-likeness (QED) is 0.877. The van der Waals surface area contributed by atoms with Crippen LogP contribution in [0.3, 0.4) is 0 Å². The van der Waals surface area contributed by atoms with Gasteiger partial charge in [-0.3, -0.25) is 0 Å². The maximum atomic E-state index is 14.2. The van der Waals surface area contributed by atoms with Gasteiger partial charge in [-0.2, -0.15) is 0 Å². The van der Waals surface area contributed by atoms with E-state index in [-0.39, 0.29) is 12.4 Å². The summed E-state index contributed by atoms with van der Waals surface area (Å²) in [5.74, 6) is 0.302. The van der Waals surface area contributed by atoms with Crippen LogP contribution >= 0.6 is 0 Å². The average Bonchev–Trinajstić information content (AvgIpc) is 2.89. The monoisotopic (exact) mass is 265 g/mol. The van der Waals surface area contributed by atoms with E-state index in [2.05, 4.69) is 18.7 Å². The highest BCUT2D eigenvalue weighted by atomic mass is 19.1. The standard InChI is InChI=1S/C16H24FNO/c1-12(2)10-18(14-5-3-4-6-14)16-8-7-13(11-19)9-15(16)17/h7-9,12,14,19H,3-6,10-11H2,1-2H3. The van der Waals surface area contributed by atoms with E-state index < -0.39 is 0 Å². The number of hydrogen-bond acceptors (Lipinski definition) is 2. The van der Waals surface area contributed by atoms with Crippen LogP contribution < -0.4 is 4.90 Å². The lowest BCUT2D eigenvalue weighted by Crippen LogP contribution is -2.36. The van der Waals surface area contributed by atoms with Crippen LogP contribution in [0.1, 0.15) is 45.1 Å². The minimum atomic E-state index is -0.209. The summed E-state index contributed by atoms with van der Waals surface area (Å²) in [5.41, 5.74) is 1.33. The molecule has 19 heavy (non-hydrogen) atoms. The number of rotatable bonds is 5. The maximum absolute atomic E-state index is 14.2. The normalized spacial score (nSPS) is 16.3. The van der Waals surface area contributed by atoms with Crippen molar-refractivity contribution in [2.75, 3.05) is 11.4 Å². The molecule has 1 fully saturated rings. The zero-order valence-corrected chi connectivity index (χ0v) is 11.9. The third-order valence-corrected chi connectivity index (χ3v) is 3.83. The predicted octanol–water partition coefficient (Wildman–Crippen LogP) is 3.72. The summed E-state index contributed by atoms with van der Waals surface area (Å²) in [7, 11) is 0. The zero-order valence-electron chi connectivity index (χ0n) is 11.9. The Labute approximate surface area is 115 Å². The lowest BCUT2D eigenvalue weighted by Gasteiger charge is -2.33. The number of halogens is 1. The summed E-state index contributed by atoms with van der Waals surface area (Å²) in [6.07, 6.45) is 4.81. The molecule has 0 bridgehead atoms. The zero-order chi connectivity index (χ0) is 13.8. The fourth-order valence-electron chi connectivity index (χ4n) is 2.94. The average molecular weight is 265 g/mol. The number of aliphatic hydroxyl groups excluding tert-OH is 1. The van der Waals surface area contributed by atoms with Gasteiger partial charge in [0.1, 0.15) is 5.82 Å². The van der Waals surface area contributed by atoms with Crippen molar-refractivity contribution in [1.82, 2.24) is 0 Å². The molecule has 1 aliphatic carbocycles. The first-order valence-corrected chi connectivity index (χ1v) is 7.27. The van der Waals surface area contributed by atoms with Crippen LogP contribution in [0.4, 0.5) is 10.1 Å². The molecule has 2 rings (SSSR count). The Bertz CT molecular complexity index is 413. The van der Waals surface area contributed by atoms with Gasteiger partial charge in [-0.15, -0.1) is 0 Å². The Hall–Kier alpha value is -1.09. The van der Waals surface area contributed by atoms with E-state index in [0.717, 1.165) is 19.4 Å². The third-order valence-electron chi connectivity index (χ3n) is 3.83. The lowest BCUT2D eigenvalue weighted by molar-refractivity contribution is 0.281. The van der Waals surface area contributed by atoms with Crippen molar-refractivity contribution in [2.45, 2.75) is 52.2 Å². The van der Waals surface area contributed by atoms with Gasteiger partial charge in [0, 0.05) is 12.6 Å². The van der Waals surface area contributed by atoms with Crippen LogP contribution in [-0.2, 0) is 6.61 Å². The van der Waals surface area contributed by atoms with Crippen molar-refractivity contribution >= 4 is 5.69 Å². The fraction of sp³-hybridized carbons (Fsp3) is 0.625. The van der Waals surface area contributed by atoms with Crippen LogP contribution in [0.15, 0.2) is 18.2 Å². The van der Waals surface area contributed by atoms with Crippen LogP contribution in [0.25, 0.3) is 0 Å². The van der Waals surface area contributed by atoms with E-state index in [9.17, 15) is 4.39 Å². The van der Waals surface area contributed by atoms with Crippen molar-refractivity contribution in [3.8, 4) is 0 Å². The van der Waals surface area contributed by atoms with E-state index in [1.807, 2.05) is 12.1 Å². The summed E-state index contributed by atoms with van der Waals surface area (Å²) in [6.45, 7) is 5.12. The first-order valence-electron chi connectivity index (χ1n) is 7.27. The Balaban J connectivity index is 2.26. The molecule has 0 atom stereocenters. The third kappa shape index (κ3) is 3.47. The van der Waals surface area contributed by atoms with Crippen LogP contribution in [0.2, 0.25) is 0 Å². The Kier molecular flexibility index (Phi) is 4.81. The molecule has 1 aliphatic rings. The Morgan fingerprint density at radius 2 is 2.00 bits per heavy atom. The Morgan fingerprint density at radius 1 is 1.32 bits per heavy atom. The predicted molar refractivity (Wildman–Crippen MR) is 76.8 cm³/mol. The van der Waals surface area contributed by atoms with E-state index in [1.54, 1.807) is 0 Å². The second kappa shape index (κ2) is 6.38. The number of aliphatic hydroxyl groups is 1. The van der Waals surface area contributed by atoms with Gasteiger partial charge in [0.15, 0.2) is 0 Å². The summed E-state index contributed by atoms with van der Waals surface area (Å²) in [4.78, 5) is 2.23. The number of anilines is 1. The number of hydrogen-bond donors (Lipinski definition) is 1. The highest BCUT2D eigenvalue weighted by molar-refractivity contribution is 5.50. The molecule has 0 unspecified atom stereocenters. The van der Waals surface area contributed by atoms with E-state index >= 15 is 0 Å². The summed E-state index contributed by atoms with van der Waals surface area (Å²) in [6, 6.07) is 5.57. The molecular weight excluding hydrogens is 241 g/mol. The minimum Gasteiger partial charge on any atom is -0.392 e. The van der Waals surface area contributed by atoms with Gasteiger partial charge in [-0.1, -0.05) is 32.8 Å². The second-order valence-corrected chi connectivity index (χ2v) is 5.93. The summed E-state index contributed by atoms with van der Waals surface area (Å²) < 4.78 is 14.2. The molecule has 0 heterocycles. The van der Waals surface area contributed by atoms with Gasteiger partial charge < -0.3 is 10.0 Å². The molecule has 3 heteroatoms. The summed E-state index contributed by atoms with van der Waals surface area (Å²) >= 11 is 0. The van der Waals surface area contributed by atoms with Crippen LogP contribution in [-0.4, -0.2) is 17.7 Å². The minimum absolute atomic E-state index is 0.106. The number of benzene rings is 1. The molecule has 0 aliphatic heterocycles. The highest BCUT2D eigenvalue weighted by Crippen LogP contribution is 2.31. The lowest BCUT2D eigenvalue weighted by atomic mass is 10.1. The van der Waals surface area contributed by atoms with Crippen molar-refractivity contribution in [3.05, 3.63) is 29.6 Å². The first-order chi connectivity index (χ1) is 9.11. The molecule has 0 radical (unpaired) electrons. The van der Waals surface area contributed by atoms with Crippen molar-refractivity contribution in [3.63, 3.8) is 0 Å². The van der Waals surface area contributed by atoms with Gasteiger partial charge in [0.05, 0.1) is 12.3 Å².